The normalized spacial score (nSPS) is 9.87. The van der Waals surface area contributed by atoms with E-state index in [0.29, 0.717) is 17.1 Å². The monoisotopic (exact) mass is 201 g/mol. The third-order valence-electron chi connectivity index (χ3n) is 2.03. The molecule has 0 bridgehead atoms. The Morgan fingerprint density at radius 2 is 1.93 bits per heavy atom. The van der Waals surface area contributed by atoms with Crippen LogP contribution in [0, 0.1) is 0 Å². The Balaban J connectivity index is 2.30. The number of anilines is 3. The zero-order chi connectivity index (χ0) is 10.7. The number of aromatic hydroxyl groups is 1. The summed E-state index contributed by atoms with van der Waals surface area (Å²) in [5.74, 6) is 0.181. The molecule has 2 aromatic rings. The number of rotatable bonds is 2. The van der Waals surface area contributed by atoms with Crippen LogP contribution in [0.3, 0.4) is 0 Å². The van der Waals surface area contributed by atoms with Gasteiger partial charge in [-0.2, -0.15) is 0 Å². The second-order valence-electron chi connectivity index (χ2n) is 3.11. The van der Waals surface area contributed by atoms with Crippen LogP contribution in [0.25, 0.3) is 0 Å². The SMILES string of the molecule is Nc1ccncc1Nc1ccccc1O. The zero-order valence-electron chi connectivity index (χ0n) is 8.01. The second-order valence-corrected chi connectivity index (χ2v) is 3.11. The summed E-state index contributed by atoms with van der Waals surface area (Å²) < 4.78 is 0. The van der Waals surface area contributed by atoms with E-state index in [-0.39, 0.29) is 5.75 Å². The Kier molecular flexibility index (Phi) is 2.41. The van der Waals surface area contributed by atoms with Crippen molar-refractivity contribution in [1.82, 2.24) is 4.98 Å². The number of aromatic nitrogens is 1. The molecule has 4 nitrogen and oxygen atoms in total. The van der Waals surface area contributed by atoms with E-state index in [1.165, 1.54) is 0 Å². The van der Waals surface area contributed by atoms with Crippen molar-refractivity contribution >= 4 is 17.1 Å². The molecule has 0 saturated heterocycles. The molecule has 1 aromatic carbocycles. The van der Waals surface area contributed by atoms with Gasteiger partial charge in [0.2, 0.25) is 0 Å². The fraction of sp³-hybridized carbons (Fsp3) is 0. The van der Waals surface area contributed by atoms with Crippen LogP contribution >= 0.6 is 0 Å². The average molecular weight is 201 g/mol. The number of hydrogen-bond donors (Lipinski definition) is 3. The summed E-state index contributed by atoms with van der Waals surface area (Å²) in [4.78, 5) is 3.95. The van der Waals surface area contributed by atoms with Crippen molar-refractivity contribution in [2.45, 2.75) is 0 Å². The van der Waals surface area contributed by atoms with Crippen LogP contribution in [-0.2, 0) is 0 Å². The summed E-state index contributed by atoms with van der Waals surface area (Å²) in [5, 5.41) is 12.5. The maximum absolute atomic E-state index is 9.54. The predicted octanol–water partition coefficient (Wildman–Crippen LogP) is 2.11. The van der Waals surface area contributed by atoms with Gasteiger partial charge in [0.25, 0.3) is 0 Å². The summed E-state index contributed by atoms with van der Waals surface area (Å²) >= 11 is 0. The summed E-state index contributed by atoms with van der Waals surface area (Å²) in [6.07, 6.45) is 3.23. The van der Waals surface area contributed by atoms with Crippen LogP contribution in [0.5, 0.6) is 5.75 Å². The van der Waals surface area contributed by atoms with Crippen LogP contribution in [0.1, 0.15) is 0 Å². The summed E-state index contributed by atoms with van der Waals surface area (Å²) in [5.41, 5.74) is 7.61. The first kappa shape index (κ1) is 9.33. The van der Waals surface area contributed by atoms with Crippen molar-refractivity contribution in [3.63, 3.8) is 0 Å². The number of phenols is 1. The molecule has 0 aliphatic rings. The Bertz CT molecular complexity index is 427. The summed E-state index contributed by atoms with van der Waals surface area (Å²) in [6, 6.07) is 8.65. The van der Waals surface area contributed by atoms with Gasteiger partial charge in [0.15, 0.2) is 0 Å². The number of nitrogens with two attached hydrogens (primary N) is 1. The molecule has 1 aromatic heterocycles. The number of pyridine rings is 1. The third kappa shape index (κ3) is 1.99. The second kappa shape index (κ2) is 3.88. The van der Waals surface area contributed by atoms with Crippen LogP contribution in [0.2, 0.25) is 0 Å². The minimum atomic E-state index is 0.181. The average Bonchev–Trinajstić information content (AvgIpc) is 2.24. The van der Waals surface area contributed by atoms with Gasteiger partial charge in [-0.25, -0.2) is 0 Å². The van der Waals surface area contributed by atoms with Gasteiger partial charge in [0, 0.05) is 6.20 Å². The van der Waals surface area contributed by atoms with E-state index in [1.54, 1.807) is 36.7 Å². The van der Waals surface area contributed by atoms with E-state index in [0.717, 1.165) is 0 Å². The number of nitrogen functional groups attached to an aromatic ring is 1. The van der Waals surface area contributed by atoms with Gasteiger partial charge in [-0.1, -0.05) is 12.1 Å². The minimum Gasteiger partial charge on any atom is -0.506 e. The highest BCUT2D eigenvalue weighted by Gasteiger charge is 2.02. The van der Waals surface area contributed by atoms with Gasteiger partial charge in [-0.05, 0) is 18.2 Å². The van der Waals surface area contributed by atoms with Crippen molar-refractivity contribution in [2.75, 3.05) is 11.1 Å². The van der Waals surface area contributed by atoms with Crippen LogP contribution in [-0.4, -0.2) is 10.1 Å². The first-order valence-corrected chi connectivity index (χ1v) is 4.52. The molecule has 15 heavy (non-hydrogen) atoms. The number of hydrogen-bond acceptors (Lipinski definition) is 4. The quantitative estimate of drug-likeness (QED) is 0.651. The van der Waals surface area contributed by atoms with Gasteiger partial charge >= 0.3 is 0 Å². The van der Waals surface area contributed by atoms with Crippen molar-refractivity contribution in [1.29, 1.82) is 0 Å². The van der Waals surface area contributed by atoms with E-state index in [1.807, 2.05) is 6.07 Å². The molecule has 2 rings (SSSR count). The molecule has 0 unspecified atom stereocenters. The molecular weight excluding hydrogens is 190 g/mol. The lowest BCUT2D eigenvalue weighted by atomic mass is 10.2. The van der Waals surface area contributed by atoms with Gasteiger partial charge in [-0.3, -0.25) is 4.98 Å². The van der Waals surface area contributed by atoms with Crippen LogP contribution in [0.15, 0.2) is 42.7 Å². The molecule has 0 aliphatic carbocycles. The molecule has 0 saturated carbocycles. The Labute approximate surface area is 87.4 Å². The molecular formula is C11H11N3O. The summed E-state index contributed by atoms with van der Waals surface area (Å²) in [7, 11) is 0. The maximum atomic E-state index is 9.54. The lowest BCUT2D eigenvalue weighted by Gasteiger charge is -2.09. The number of nitrogens with zero attached hydrogens (tertiary/aromatic N) is 1. The molecule has 0 amide bonds. The smallest absolute Gasteiger partial charge is 0.139 e. The van der Waals surface area contributed by atoms with Crippen LogP contribution in [0.4, 0.5) is 17.1 Å². The first-order valence-electron chi connectivity index (χ1n) is 4.52. The van der Waals surface area contributed by atoms with Gasteiger partial charge in [-0.15, -0.1) is 0 Å². The number of para-hydroxylation sites is 2. The predicted molar refractivity (Wildman–Crippen MR) is 60.0 cm³/mol. The Morgan fingerprint density at radius 1 is 1.13 bits per heavy atom. The van der Waals surface area contributed by atoms with Gasteiger partial charge < -0.3 is 16.2 Å². The molecule has 1 heterocycles. The highest BCUT2D eigenvalue weighted by atomic mass is 16.3. The van der Waals surface area contributed by atoms with Crippen molar-refractivity contribution in [3.8, 4) is 5.75 Å². The van der Waals surface area contributed by atoms with E-state index >= 15 is 0 Å². The topological polar surface area (TPSA) is 71.2 Å². The molecule has 0 spiro atoms. The maximum Gasteiger partial charge on any atom is 0.139 e. The van der Waals surface area contributed by atoms with Gasteiger partial charge in [0.1, 0.15) is 5.75 Å². The molecule has 0 atom stereocenters. The fourth-order valence-electron chi connectivity index (χ4n) is 1.23. The Morgan fingerprint density at radius 3 is 2.67 bits per heavy atom. The van der Waals surface area contributed by atoms with E-state index in [4.69, 9.17) is 5.73 Å². The summed E-state index contributed by atoms with van der Waals surface area (Å²) in [6.45, 7) is 0. The molecule has 0 radical (unpaired) electrons. The van der Waals surface area contributed by atoms with E-state index in [2.05, 4.69) is 10.3 Å². The first-order chi connectivity index (χ1) is 7.27. The highest BCUT2D eigenvalue weighted by molar-refractivity contribution is 5.73. The minimum absolute atomic E-state index is 0.181. The van der Waals surface area contributed by atoms with Crippen molar-refractivity contribution in [3.05, 3.63) is 42.7 Å². The molecule has 0 aliphatic heterocycles. The van der Waals surface area contributed by atoms with Crippen LogP contribution < -0.4 is 11.1 Å². The largest absolute Gasteiger partial charge is 0.506 e. The number of benzene rings is 1. The number of phenolic OH excluding ortho intramolecular Hbond substituents is 1. The molecule has 76 valence electrons. The molecule has 4 heteroatoms. The Hall–Kier alpha value is -2.23. The highest BCUT2D eigenvalue weighted by Crippen LogP contribution is 2.27. The van der Waals surface area contributed by atoms with E-state index in [9.17, 15) is 5.11 Å². The van der Waals surface area contributed by atoms with Crippen molar-refractivity contribution < 1.29 is 5.11 Å². The lowest BCUT2D eigenvalue weighted by Crippen LogP contribution is -1.96. The van der Waals surface area contributed by atoms with E-state index < -0.39 is 0 Å². The fourth-order valence-corrected chi connectivity index (χ4v) is 1.23. The lowest BCUT2D eigenvalue weighted by molar-refractivity contribution is 0.478. The number of nitrogens with one attached hydrogen (secondary N) is 1. The van der Waals surface area contributed by atoms with Gasteiger partial charge in [0.05, 0.1) is 23.3 Å². The standard InChI is InChI=1S/C11H11N3O/c12-8-5-6-13-7-10(8)14-9-3-1-2-4-11(9)15/h1-7,14-15H,(H2,12,13). The molecule has 4 N–H and O–H groups in total. The molecule has 0 fully saturated rings. The third-order valence-corrected chi connectivity index (χ3v) is 2.03. The zero-order valence-corrected chi connectivity index (χ0v) is 8.01. The van der Waals surface area contributed by atoms with Crippen molar-refractivity contribution in [2.24, 2.45) is 0 Å².